The molecule has 2 amide bonds. The van der Waals surface area contributed by atoms with Crippen LogP contribution in [-0.2, 0) is 9.59 Å². The molecule has 0 aliphatic carbocycles. The second-order valence-electron chi connectivity index (χ2n) is 10.6. The van der Waals surface area contributed by atoms with E-state index in [9.17, 15) is 9.59 Å². The maximum absolute atomic E-state index is 14.5. The number of carbonyl (C=O) groups excluding carboxylic acids is 2. The van der Waals surface area contributed by atoms with Gasteiger partial charge in [-0.25, -0.2) is 0 Å². The SMILES string of the molecule is CCN(CC)c1ccc(NC2(NC(C)=O)C(=O)N(c3ccccc3)N=C2c2ccc(C(C)C)c3ccccc23)cc1. The third-order valence-electron chi connectivity index (χ3n) is 7.60. The van der Waals surface area contributed by atoms with Gasteiger partial charge in [-0.3, -0.25) is 9.59 Å². The normalized spacial score (nSPS) is 16.7. The van der Waals surface area contributed by atoms with Crippen LogP contribution in [0, 0.1) is 0 Å². The minimum atomic E-state index is -1.64. The fourth-order valence-electron chi connectivity index (χ4n) is 5.59. The van der Waals surface area contributed by atoms with Crippen molar-refractivity contribution in [1.82, 2.24) is 5.32 Å². The van der Waals surface area contributed by atoms with E-state index < -0.39 is 11.6 Å². The Balaban J connectivity index is 1.71. The lowest BCUT2D eigenvalue weighted by Crippen LogP contribution is -2.64. The molecule has 2 N–H and O–H groups in total. The molecule has 4 aromatic carbocycles. The lowest BCUT2D eigenvalue weighted by Gasteiger charge is -2.32. The van der Waals surface area contributed by atoms with E-state index >= 15 is 0 Å². The van der Waals surface area contributed by atoms with Crippen molar-refractivity contribution in [3.63, 3.8) is 0 Å². The molecule has 0 saturated carbocycles. The third kappa shape index (κ3) is 5.15. The molecule has 0 aromatic heterocycles. The second kappa shape index (κ2) is 11.5. The van der Waals surface area contributed by atoms with Gasteiger partial charge in [-0.1, -0.05) is 68.4 Å². The quantitative estimate of drug-likeness (QED) is 0.234. The first kappa shape index (κ1) is 27.9. The van der Waals surface area contributed by atoms with E-state index in [-0.39, 0.29) is 5.91 Å². The van der Waals surface area contributed by atoms with Crippen LogP contribution in [0.4, 0.5) is 17.1 Å². The van der Waals surface area contributed by atoms with Gasteiger partial charge >= 0.3 is 5.91 Å². The largest absolute Gasteiger partial charge is 0.372 e. The lowest BCUT2D eigenvalue weighted by molar-refractivity contribution is -0.127. The average molecular weight is 548 g/mol. The molecule has 1 atom stereocenters. The van der Waals surface area contributed by atoms with Gasteiger partial charge in [-0.15, -0.1) is 0 Å². The highest BCUT2D eigenvalue weighted by atomic mass is 16.2. The van der Waals surface area contributed by atoms with E-state index in [1.54, 1.807) is 0 Å². The summed E-state index contributed by atoms with van der Waals surface area (Å²) in [6.45, 7) is 11.8. The molecule has 1 aliphatic rings. The van der Waals surface area contributed by atoms with Crippen LogP contribution < -0.4 is 20.5 Å². The van der Waals surface area contributed by atoms with Gasteiger partial charge < -0.3 is 15.5 Å². The van der Waals surface area contributed by atoms with Gasteiger partial charge in [0.25, 0.3) is 0 Å². The minimum Gasteiger partial charge on any atom is -0.372 e. The van der Waals surface area contributed by atoms with Crippen molar-refractivity contribution in [2.75, 3.05) is 28.3 Å². The Labute approximate surface area is 241 Å². The van der Waals surface area contributed by atoms with Gasteiger partial charge in [-0.2, -0.15) is 10.1 Å². The van der Waals surface area contributed by atoms with Crippen molar-refractivity contribution in [3.8, 4) is 0 Å². The molecule has 0 bridgehead atoms. The summed E-state index contributed by atoms with van der Waals surface area (Å²) in [7, 11) is 0. The average Bonchev–Trinajstić information content (AvgIpc) is 3.24. The smallest absolute Gasteiger partial charge is 0.300 e. The summed E-state index contributed by atoms with van der Waals surface area (Å²) in [4.78, 5) is 29.5. The molecule has 1 heterocycles. The molecule has 41 heavy (non-hydrogen) atoms. The van der Waals surface area contributed by atoms with Crippen molar-refractivity contribution in [3.05, 3.63) is 102 Å². The van der Waals surface area contributed by atoms with Crippen LogP contribution in [0.15, 0.2) is 96.1 Å². The van der Waals surface area contributed by atoms with Gasteiger partial charge in [0.2, 0.25) is 11.6 Å². The van der Waals surface area contributed by atoms with E-state index in [0.717, 1.165) is 35.1 Å². The van der Waals surface area contributed by atoms with Gasteiger partial charge in [0.05, 0.1) is 5.69 Å². The first-order chi connectivity index (χ1) is 19.8. The summed E-state index contributed by atoms with van der Waals surface area (Å²) in [6.07, 6.45) is 0. The third-order valence-corrected chi connectivity index (χ3v) is 7.60. The Morgan fingerprint density at radius 3 is 2.12 bits per heavy atom. The van der Waals surface area contributed by atoms with Crippen molar-refractivity contribution < 1.29 is 9.59 Å². The molecule has 210 valence electrons. The van der Waals surface area contributed by atoms with Crippen LogP contribution in [0.1, 0.15) is 51.7 Å². The first-order valence-electron chi connectivity index (χ1n) is 14.2. The van der Waals surface area contributed by atoms with Crippen molar-refractivity contribution in [2.45, 2.75) is 46.2 Å². The van der Waals surface area contributed by atoms with Crippen molar-refractivity contribution in [2.24, 2.45) is 5.10 Å². The van der Waals surface area contributed by atoms with Gasteiger partial charge in [0.15, 0.2) is 0 Å². The number of nitrogens with zero attached hydrogens (tertiary/aromatic N) is 3. The second-order valence-corrected chi connectivity index (χ2v) is 10.6. The predicted molar refractivity (Wildman–Crippen MR) is 169 cm³/mol. The van der Waals surface area contributed by atoms with Gasteiger partial charge in [0.1, 0.15) is 5.71 Å². The van der Waals surface area contributed by atoms with Gasteiger partial charge in [0, 0.05) is 37.0 Å². The number of hydrogen-bond donors (Lipinski definition) is 2. The highest BCUT2D eigenvalue weighted by Gasteiger charge is 2.54. The molecule has 0 spiro atoms. The van der Waals surface area contributed by atoms with Crippen molar-refractivity contribution >= 4 is 45.4 Å². The summed E-state index contributed by atoms with van der Waals surface area (Å²) < 4.78 is 0. The maximum atomic E-state index is 14.5. The van der Waals surface area contributed by atoms with E-state index in [1.165, 1.54) is 17.5 Å². The highest BCUT2D eigenvalue weighted by molar-refractivity contribution is 6.33. The number of rotatable bonds is 9. The Bertz CT molecular complexity index is 1590. The molecule has 0 radical (unpaired) electrons. The van der Waals surface area contributed by atoms with E-state index in [2.05, 4.69) is 55.4 Å². The van der Waals surface area contributed by atoms with Crippen LogP contribution in [0.25, 0.3) is 10.8 Å². The molecule has 5 rings (SSSR count). The summed E-state index contributed by atoms with van der Waals surface area (Å²) in [6, 6.07) is 29.5. The summed E-state index contributed by atoms with van der Waals surface area (Å²) in [5.41, 5.74) is 3.16. The zero-order valence-electron chi connectivity index (χ0n) is 24.3. The highest BCUT2D eigenvalue weighted by Crippen LogP contribution is 2.36. The number of nitrogens with one attached hydrogen (secondary N) is 2. The maximum Gasteiger partial charge on any atom is 0.300 e. The summed E-state index contributed by atoms with van der Waals surface area (Å²) >= 11 is 0. The number of hydrazone groups is 1. The number of anilines is 3. The zero-order valence-corrected chi connectivity index (χ0v) is 24.3. The van der Waals surface area contributed by atoms with E-state index in [4.69, 9.17) is 5.10 Å². The monoisotopic (exact) mass is 547 g/mol. The summed E-state index contributed by atoms with van der Waals surface area (Å²) in [5.74, 6) is -0.431. The van der Waals surface area contributed by atoms with Crippen LogP contribution in [-0.4, -0.2) is 36.3 Å². The Morgan fingerprint density at radius 1 is 0.878 bits per heavy atom. The molecular formula is C34H37N5O2. The molecule has 1 unspecified atom stereocenters. The van der Waals surface area contributed by atoms with E-state index in [1.807, 2.05) is 78.9 Å². The van der Waals surface area contributed by atoms with Crippen LogP contribution in [0.5, 0.6) is 0 Å². The van der Waals surface area contributed by atoms with Crippen LogP contribution in [0.3, 0.4) is 0 Å². The van der Waals surface area contributed by atoms with Crippen LogP contribution in [0.2, 0.25) is 0 Å². The predicted octanol–water partition coefficient (Wildman–Crippen LogP) is 6.50. The number of hydrogen-bond acceptors (Lipinski definition) is 5. The Morgan fingerprint density at radius 2 is 1.51 bits per heavy atom. The fraction of sp³-hybridized carbons (Fsp3) is 0.265. The zero-order chi connectivity index (χ0) is 29.1. The number of amides is 2. The molecule has 0 fully saturated rings. The lowest BCUT2D eigenvalue weighted by atomic mass is 9.88. The van der Waals surface area contributed by atoms with E-state index in [0.29, 0.717) is 23.0 Å². The first-order valence-corrected chi connectivity index (χ1v) is 14.2. The molecular weight excluding hydrogens is 510 g/mol. The van der Waals surface area contributed by atoms with Crippen LogP contribution >= 0.6 is 0 Å². The Hall–Kier alpha value is -4.65. The standard InChI is InChI=1S/C34H37N5O2/c1-6-38(7-2)26-19-17-25(18-20-26)36-34(35-24(5)40)32(37-39(33(34)41)27-13-9-8-10-14-27)31-22-21-28(23(3)4)29-15-11-12-16-30(29)31/h8-23,36H,6-7H2,1-5H3,(H,35,40). The molecule has 4 aromatic rings. The molecule has 7 nitrogen and oxygen atoms in total. The topological polar surface area (TPSA) is 77.0 Å². The molecule has 0 saturated heterocycles. The number of fused-ring (bicyclic) bond motifs is 1. The van der Waals surface area contributed by atoms with Crippen molar-refractivity contribution in [1.29, 1.82) is 0 Å². The summed E-state index contributed by atoms with van der Waals surface area (Å²) in [5, 5.41) is 14.8. The molecule has 7 heteroatoms. The van der Waals surface area contributed by atoms with Gasteiger partial charge in [-0.05, 0) is 72.5 Å². The Kier molecular flexibility index (Phi) is 7.79. The number of benzene rings is 4. The minimum absolute atomic E-state index is 0.310. The number of carbonyl (C=O) groups is 2. The fourth-order valence-corrected chi connectivity index (χ4v) is 5.59. The number of para-hydroxylation sites is 1. The molecule has 1 aliphatic heterocycles.